The minimum absolute atomic E-state index is 1.20. The Labute approximate surface area is 69.0 Å². The second-order valence-electron chi connectivity index (χ2n) is 6.88. The van der Waals surface area contributed by atoms with Crippen molar-refractivity contribution in [3.05, 3.63) is 22.3 Å². The van der Waals surface area contributed by atoms with Gasteiger partial charge in [0.25, 0.3) is 0 Å². The molecule has 0 amide bonds. The predicted octanol–water partition coefficient (Wildman–Crippen LogP) is 3.23. The molecule has 0 bridgehead atoms. The van der Waals surface area contributed by atoms with E-state index in [1.54, 1.807) is 4.09 Å². The van der Waals surface area contributed by atoms with Crippen molar-refractivity contribution in [3.8, 4) is 0 Å². The Morgan fingerprint density at radius 3 is 1.82 bits per heavy atom. The molecular formula is C10H24Ir. The molecule has 0 aliphatic heterocycles. The Bertz CT molecular complexity index is 232. The fourth-order valence-corrected chi connectivity index (χ4v) is 7.91. The summed E-state index contributed by atoms with van der Waals surface area (Å²) in [5.41, 5.74) is 12.5. The average Bonchev–Trinajstić information content (AvgIpc) is 2.01. The second-order valence-corrected chi connectivity index (χ2v) is 49.1. The van der Waals surface area contributed by atoms with Crippen LogP contribution in [-0.4, -0.2) is 0 Å². The molecule has 0 heterocycles. The van der Waals surface area contributed by atoms with Gasteiger partial charge in [-0.2, -0.15) is 0 Å². The van der Waals surface area contributed by atoms with Gasteiger partial charge >= 0.3 is 68.8 Å². The fourth-order valence-electron chi connectivity index (χ4n) is 1.27. The molecule has 0 unspecified atom stereocenters. The first kappa shape index (κ1) is 9.22. The van der Waals surface area contributed by atoms with E-state index in [9.17, 15) is 0 Å². The van der Waals surface area contributed by atoms with Gasteiger partial charge in [0, 0.05) is 0 Å². The van der Waals surface area contributed by atoms with E-state index in [0.717, 1.165) is 0 Å². The molecule has 1 rings (SSSR count). The van der Waals surface area contributed by atoms with E-state index in [0.29, 0.717) is 0 Å². The Hall–Kier alpha value is 0.129. The third kappa shape index (κ3) is 2.28. The monoisotopic (exact) mass is 337 g/mol. The van der Waals surface area contributed by atoms with Crippen LogP contribution in [-0.2, 0) is 12.9 Å². The topological polar surface area (TPSA) is 0 Å². The maximum atomic E-state index is 2.50. The van der Waals surface area contributed by atoms with Crippen molar-refractivity contribution < 1.29 is 12.9 Å². The number of rotatable bonds is 1. The van der Waals surface area contributed by atoms with Crippen molar-refractivity contribution in [3.63, 3.8) is 0 Å². The molecule has 0 radical (unpaired) electrons. The van der Waals surface area contributed by atoms with Crippen molar-refractivity contribution in [2.45, 2.75) is 33.6 Å². The molecule has 0 aromatic heterocycles. The van der Waals surface area contributed by atoms with Crippen molar-refractivity contribution >= 4 is 0 Å². The molecular weight excluding hydrogens is 312 g/mol. The van der Waals surface area contributed by atoms with E-state index in [-0.39, 0.29) is 0 Å². The van der Waals surface area contributed by atoms with Gasteiger partial charge in [0.1, 0.15) is 0 Å². The normalized spacial score (nSPS) is 24.3. The molecule has 0 fully saturated rings. The van der Waals surface area contributed by atoms with E-state index < -0.39 is 12.9 Å². The average molecular weight is 337 g/mol. The van der Waals surface area contributed by atoms with Gasteiger partial charge in [-0.15, -0.1) is 0 Å². The van der Waals surface area contributed by atoms with Crippen LogP contribution in [0.1, 0.15) is 6.42 Å². The van der Waals surface area contributed by atoms with Crippen LogP contribution >= 0.6 is 0 Å². The molecule has 0 aromatic carbocycles. The first-order chi connectivity index (χ1) is 4.59. The Morgan fingerprint density at radius 2 is 1.64 bits per heavy atom. The Morgan fingerprint density at radius 1 is 1.09 bits per heavy atom. The van der Waals surface area contributed by atoms with Gasteiger partial charge in [0.05, 0.1) is 0 Å². The van der Waals surface area contributed by atoms with Crippen LogP contribution in [0.5, 0.6) is 0 Å². The molecule has 0 aromatic rings. The van der Waals surface area contributed by atoms with Crippen LogP contribution in [0, 0.1) is 0 Å². The van der Waals surface area contributed by atoms with E-state index >= 15 is 0 Å². The van der Waals surface area contributed by atoms with Crippen LogP contribution in [0.25, 0.3) is 0 Å². The van der Waals surface area contributed by atoms with Gasteiger partial charge in [0.15, 0.2) is 0 Å². The van der Waals surface area contributed by atoms with Crippen LogP contribution in [0.3, 0.4) is 0 Å². The molecule has 1 heteroatoms. The summed E-state index contributed by atoms with van der Waals surface area (Å²) in [4.78, 5) is 0. The van der Waals surface area contributed by atoms with Gasteiger partial charge < -0.3 is 0 Å². The first-order valence-corrected chi connectivity index (χ1v) is 21.9. The second kappa shape index (κ2) is 1.72. The SMILES string of the molecule is [CH3][IrH4]([CH3])([CH3])([CH3])([CH3])[C]1=CC=CC1. The predicted molar refractivity (Wildman–Crippen MR) is 56.7 cm³/mol. The van der Waals surface area contributed by atoms with Crippen LogP contribution in [0.2, 0.25) is 27.2 Å². The van der Waals surface area contributed by atoms with Gasteiger partial charge in [-0.1, -0.05) is 0 Å². The summed E-state index contributed by atoms with van der Waals surface area (Å²) in [7, 11) is 0. The van der Waals surface area contributed by atoms with Crippen molar-refractivity contribution in [1.29, 1.82) is 0 Å². The van der Waals surface area contributed by atoms with Crippen molar-refractivity contribution in [2.75, 3.05) is 0 Å². The van der Waals surface area contributed by atoms with Gasteiger partial charge in [-0.3, -0.25) is 0 Å². The van der Waals surface area contributed by atoms with Gasteiger partial charge in [-0.05, 0) is 0 Å². The fraction of sp³-hybridized carbons (Fsp3) is 0.600. The number of allylic oxidation sites excluding steroid dienone is 4. The van der Waals surface area contributed by atoms with Gasteiger partial charge in [0.2, 0.25) is 0 Å². The quantitative estimate of drug-likeness (QED) is 0.690. The summed E-state index contributed by atoms with van der Waals surface area (Å²) in [6.45, 7) is 0. The van der Waals surface area contributed by atoms with E-state index in [1.165, 1.54) is 6.42 Å². The zero-order chi connectivity index (χ0) is 8.81. The first-order valence-electron chi connectivity index (χ1n) is 4.18. The summed E-state index contributed by atoms with van der Waals surface area (Å²) >= 11 is -2.82. The van der Waals surface area contributed by atoms with E-state index in [4.69, 9.17) is 0 Å². The molecule has 0 saturated heterocycles. The molecule has 0 spiro atoms. The number of hydrogen-bond acceptors (Lipinski definition) is 0. The third-order valence-corrected chi connectivity index (χ3v) is 13.7. The summed E-state index contributed by atoms with van der Waals surface area (Å²) in [6, 6.07) is 0. The zero-order valence-electron chi connectivity index (χ0n) is 8.39. The van der Waals surface area contributed by atoms with Crippen molar-refractivity contribution in [1.82, 2.24) is 0 Å². The molecule has 0 atom stereocenters. The number of hydrogen-bond donors (Lipinski definition) is 0. The molecule has 0 saturated carbocycles. The van der Waals surface area contributed by atoms with Crippen LogP contribution in [0.4, 0.5) is 0 Å². The van der Waals surface area contributed by atoms with E-state index in [1.807, 2.05) is 0 Å². The summed E-state index contributed by atoms with van der Waals surface area (Å²) in [5, 5.41) is 0. The van der Waals surface area contributed by atoms with Crippen molar-refractivity contribution in [2.24, 2.45) is 0 Å². The van der Waals surface area contributed by atoms with Gasteiger partial charge in [-0.25, -0.2) is 0 Å². The Balaban J connectivity index is 3.11. The summed E-state index contributed by atoms with van der Waals surface area (Å²) < 4.78 is 1.72. The molecule has 1 aliphatic carbocycles. The molecule has 0 nitrogen and oxygen atoms in total. The molecule has 73 valence electrons. The molecule has 0 N–H and O–H groups in total. The van der Waals surface area contributed by atoms with Crippen LogP contribution in [0.15, 0.2) is 22.3 Å². The zero-order valence-corrected chi connectivity index (χ0v) is 11.6. The summed E-state index contributed by atoms with van der Waals surface area (Å²) in [6.07, 6.45) is 8.01. The third-order valence-electron chi connectivity index (χ3n) is 2.19. The minimum atomic E-state index is -2.82. The molecule has 11 heavy (non-hydrogen) atoms. The molecule has 1 aliphatic rings. The van der Waals surface area contributed by atoms with Crippen LogP contribution < -0.4 is 0 Å². The Kier molecular flexibility index (Phi) is 1.44. The summed E-state index contributed by atoms with van der Waals surface area (Å²) in [5.74, 6) is 0. The maximum absolute atomic E-state index is 2.82. The standard InChI is InChI=1S/C5H5.5CH3.Ir.4H/c1-2-4-5-3-1;;;;;;;;;;/h1-3H,4H2;5*1H3;;;;;. The van der Waals surface area contributed by atoms with E-state index in [2.05, 4.69) is 45.4 Å².